The third-order valence-electron chi connectivity index (χ3n) is 2.24. The molecule has 0 heterocycles. The Morgan fingerprint density at radius 2 is 1.36 bits per heavy atom. The standard InChI is InChI=1S/C9H24O3PSi/c1-10-14(11-2,12-3)9-7-8-13(4,5)6/h7-9H2,1-6H3/q+1. The third kappa shape index (κ3) is 5.42. The third-order valence-corrected chi connectivity index (χ3v) is 6.73. The van der Waals surface area contributed by atoms with Crippen LogP contribution in [0.25, 0.3) is 0 Å². The van der Waals surface area contributed by atoms with Crippen LogP contribution in [0, 0.1) is 0 Å². The van der Waals surface area contributed by atoms with Gasteiger partial charge in [-0.15, -0.1) is 0 Å². The van der Waals surface area contributed by atoms with E-state index in [2.05, 4.69) is 20.0 Å². The zero-order valence-corrected chi connectivity index (χ0v) is 12.2. The van der Waals surface area contributed by atoms with Gasteiger partial charge in [-0.05, 0) is 6.42 Å². The highest BCUT2D eigenvalue weighted by atomic mass is 31.2. The van der Waals surface area contributed by atoms with Crippen LogP contribution in [-0.4, -0.2) is 56.3 Å². The van der Waals surface area contributed by atoms with Gasteiger partial charge in [0.25, 0.3) is 0 Å². The van der Waals surface area contributed by atoms with Gasteiger partial charge >= 0.3 is 8.80 Å². The van der Waals surface area contributed by atoms with Crippen LogP contribution in [0.3, 0.4) is 0 Å². The van der Waals surface area contributed by atoms with E-state index in [1.165, 1.54) is 6.16 Å². The SMILES string of the molecule is CO[Si](CCC[P+](C)(C)C)(OC)OC. The van der Waals surface area contributed by atoms with Crippen molar-refractivity contribution in [1.82, 2.24) is 0 Å². The first-order chi connectivity index (χ1) is 6.39. The molecule has 5 heteroatoms. The quantitative estimate of drug-likeness (QED) is 0.503. The number of hydrogen-bond donors (Lipinski definition) is 0. The van der Waals surface area contributed by atoms with E-state index in [1.807, 2.05) is 0 Å². The van der Waals surface area contributed by atoms with E-state index in [0.29, 0.717) is 0 Å². The van der Waals surface area contributed by atoms with Crippen LogP contribution in [0.1, 0.15) is 6.42 Å². The Morgan fingerprint density at radius 1 is 0.929 bits per heavy atom. The van der Waals surface area contributed by atoms with Crippen molar-refractivity contribution in [2.75, 3.05) is 47.5 Å². The molecule has 0 saturated carbocycles. The Hall–Kier alpha value is 0.527. The van der Waals surface area contributed by atoms with E-state index in [-0.39, 0.29) is 0 Å². The number of hydrogen-bond acceptors (Lipinski definition) is 3. The summed E-state index contributed by atoms with van der Waals surface area (Å²) in [5.41, 5.74) is 0. The van der Waals surface area contributed by atoms with Gasteiger partial charge in [0.2, 0.25) is 0 Å². The zero-order chi connectivity index (χ0) is 11.2. The Kier molecular flexibility index (Phi) is 6.42. The lowest BCUT2D eigenvalue weighted by Crippen LogP contribution is -2.42. The first-order valence-electron chi connectivity index (χ1n) is 4.85. The maximum Gasteiger partial charge on any atom is 0.500 e. The summed E-state index contributed by atoms with van der Waals surface area (Å²) in [5, 5.41) is 0. The molecule has 0 aromatic heterocycles. The molecular weight excluding hydrogens is 215 g/mol. The Labute approximate surface area is 89.8 Å². The molecule has 0 bridgehead atoms. The fourth-order valence-electron chi connectivity index (χ4n) is 1.33. The van der Waals surface area contributed by atoms with E-state index in [1.54, 1.807) is 21.3 Å². The summed E-state index contributed by atoms with van der Waals surface area (Å²) in [5.74, 6) is 0. The van der Waals surface area contributed by atoms with Gasteiger partial charge in [-0.2, -0.15) is 0 Å². The molecule has 0 N–H and O–H groups in total. The fourth-order valence-corrected chi connectivity index (χ4v) is 4.45. The lowest BCUT2D eigenvalue weighted by atomic mass is 10.6. The van der Waals surface area contributed by atoms with Gasteiger partial charge < -0.3 is 13.3 Å². The predicted octanol–water partition coefficient (Wildman–Crippen LogP) is 2.16. The lowest BCUT2D eigenvalue weighted by Gasteiger charge is -2.24. The molecule has 0 aliphatic heterocycles. The predicted molar refractivity (Wildman–Crippen MR) is 65.8 cm³/mol. The van der Waals surface area contributed by atoms with Crippen molar-refractivity contribution < 1.29 is 13.3 Å². The Morgan fingerprint density at radius 3 is 1.64 bits per heavy atom. The maximum atomic E-state index is 5.36. The first kappa shape index (κ1) is 14.5. The maximum absolute atomic E-state index is 5.36. The summed E-state index contributed by atoms with van der Waals surface area (Å²) >= 11 is 0. The van der Waals surface area contributed by atoms with Gasteiger partial charge in [-0.25, -0.2) is 0 Å². The molecule has 0 aliphatic rings. The molecule has 0 saturated heterocycles. The average molecular weight is 239 g/mol. The molecule has 0 aromatic carbocycles. The Bertz CT molecular complexity index is 146. The van der Waals surface area contributed by atoms with Crippen molar-refractivity contribution in [2.24, 2.45) is 0 Å². The summed E-state index contributed by atoms with van der Waals surface area (Å²) in [6.07, 6.45) is 2.41. The van der Waals surface area contributed by atoms with E-state index in [4.69, 9.17) is 13.3 Å². The molecule has 0 radical (unpaired) electrons. The van der Waals surface area contributed by atoms with E-state index in [9.17, 15) is 0 Å². The number of rotatable bonds is 7. The van der Waals surface area contributed by atoms with Crippen molar-refractivity contribution in [3.05, 3.63) is 0 Å². The van der Waals surface area contributed by atoms with Gasteiger partial charge in [0.1, 0.15) is 0 Å². The van der Waals surface area contributed by atoms with Crippen LogP contribution in [0.15, 0.2) is 0 Å². The van der Waals surface area contributed by atoms with E-state index < -0.39 is 16.1 Å². The molecule has 0 unspecified atom stereocenters. The molecule has 0 aromatic rings. The molecule has 0 fully saturated rings. The van der Waals surface area contributed by atoms with Crippen molar-refractivity contribution in [3.63, 3.8) is 0 Å². The monoisotopic (exact) mass is 239 g/mol. The highest BCUT2D eigenvalue weighted by Gasteiger charge is 2.37. The summed E-state index contributed by atoms with van der Waals surface area (Å²) in [6.45, 7) is 7.05. The summed E-state index contributed by atoms with van der Waals surface area (Å²) in [7, 11) is 2.04. The van der Waals surface area contributed by atoms with E-state index in [0.717, 1.165) is 12.5 Å². The molecule has 0 amide bonds. The van der Waals surface area contributed by atoms with Gasteiger partial charge in [0.05, 0.1) is 6.16 Å². The minimum atomic E-state index is -2.30. The van der Waals surface area contributed by atoms with Crippen molar-refractivity contribution in [1.29, 1.82) is 0 Å². The highest BCUT2D eigenvalue weighted by molar-refractivity contribution is 7.73. The van der Waals surface area contributed by atoms with E-state index >= 15 is 0 Å². The van der Waals surface area contributed by atoms with Crippen LogP contribution in [0.2, 0.25) is 6.04 Å². The molecule has 0 atom stereocenters. The normalized spacial score (nSPS) is 13.3. The molecule has 14 heavy (non-hydrogen) atoms. The summed E-state index contributed by atoms with van der Waals surface area (Å²) < 4.78 is 16.1. The second-order valence-electron chi connectivity index (χ2n) is 4.41. The van der Waals surface area contributed by atoms with Gasteiger partial charge in [0, 0.05) is 54.6 Å². The van der Waals surface area contributed by atoms with Crippen molar-refractivity contribution in [2.45, 2.75) is 12.5 Å². The van der Waals surface area contributed by atoms with Crippen LogP contribution in [0.4, 0.5) is 0 Å². The van der Waals surface area contributed by atoms with Crippen molar-refractivity contribution in [3.8, 4) is 0 Å². The van der Waals surface area contributed by atoms with Crippen LogP contribution >= 0.6 is 7.26 Å². The fraction of sp³-hybridized carbons (Fsp3) is 1.00. The minimum absolute atomic E-state index is 0.678. The molecular formula is C9H24O3PSi+. The van der Waals surface area contributed by atoms with Gasteiger partial charge in [-0.3, -0.25) is 0 Å². The molecule has 3 nitrogen and oxygen atoms in total. The van der Waals surface area contributed by atoms with Crippen LogP contribution < -0.4 is 0 Å². The molecule has 0 aliphatic carbocycles. The smallest absolute Gasteiger partial charge is 0.377 e. The topological polar surface area (TPSA) is 27.7 Å². The van der Waals surface area contributed by atoms with Crippen LogP contribution in [-0.2, 0) is 13.3 Å². The second kappa shape index (κ2) is 6.18. The summed E-state index contributed by atoms with van der Waals surface area (Å²) in [4.78, 5) is 0. The minimum Gasteiger partial charge on any atom is -0.377 e. The van der Waals surface area contributed by atoms with Gasteiger partial charge in [-0.1, -0.05) is 0 Å². The summed E-state index contributed by atoms with van der Waals surface area (Å²) in [6, 6.07) is 0.924. The van der Waals surface area contributed by atoms with Gasteiger partial charge in [0.15, 0.2) is 0 Å². The second-order valence-corrected chi connectivity index (χ2v) is 12.5. The largest absolute Gasteiger partial charge is 0.500 e. The lowest BCUT2D eigenvalue weighted by molar-refractivity contribution is 0.123. The first-order valence-corrected chi connectivity index (χ1v) is 10.1. The Balaban J connectivity index is 3.95. The highest BCUT2D eigenvalue weighted by Crippen LogP contribution is 2.47. The molecule has 0 spiro atoms. The average Bonchev–Trinajstić information content (AvgIpc) is 2.11. The van der Waals surface area contributed by atoms with Crippen LogP contribution in [0.5, 0.6) is 0 Å². The van der Waals surface area contributed by atoms with Crippen molar-refractivity contribution >= 4 is 16.1 Å². The zero-order valence-electron chi connectivity index (χ0n) is 10.3. The molecule has 0 rings (SSSR count). The molecule has 86 valence electrons.